The minimum atomic E-state index is -0.380. The summed E-state index contributed by atoms with van der Waals surface area (Å²) in [6, 6.07) is 4.80. The van der Waals surface area contributed by atoms with E-state index in [0.29, 0.717) is 23.9 Å². The lowest BCUT2D eigenvalue weighted by molar-refractivity contribution is -0.112. The van der Waals surface area contributed by atoms with Crippen molar-refractivity contribution in [2.45, 2.75) is 39.8 Å². The molecule has 0 saturated carbocycles. The molecule has 4 heteroatoms. The first kappa shape index (κ1) is 16.4. The predicted molar refractivity (Wildman–Crippen MR) is 79.3 cm³/mol. The molecule has 0 aromatic heterocycles. The van der Waals surface area contributed by atoms with Crippen LogP contribution in [0.1, 0.15) is 33.3 Å². The van der Waals surface area contributed by atoms with Gasteiger partial charge in [-0.15, -0.1) is 0 Å². The predicted octanol–water partition coefficient (Wildman–Crippen LogP) is 3.19. The Bertz CT molecular complexity index is 483. The van der Waals surface area contributed by atoms with Gasteiger partial charge in [0.1, 0.15) is 17.7 Å². The zero-order valence-corrected chi connectivity index (χ0v) is 12.4. The fourth-order valence-electron chi connectivity index (χ4n) is 1.64. The Hall–Kier alpha value is -1.68. The number of nitrogens with one attached hydrogen (secondary N) is 1. The number of ketones is 1. The molecule has 0 fully saturated rings. The molecule has 0 unspecified atom stereocenters. The van der Waals surface area contributed by atoms with Crippen LogP contribution in [-0.4, -0.2) is 24.5 Å². The van der Waals surface area contributed by atoms with Crippen molar-refractivity contribution in [3.8, 4) is 5.75 Å². The van der Waals surface area contributed by atoms with Crippen molar-refractivity contribution < 1.29 is 13.9 Å². The highest BCUT2D eigenvalue weighted by Crippen LogP contribution is 2.18. The van der Waals surface area contributed by atoms with E-state index in [1.807, 2.05) is 6.92 Å². The van der Waals surface area contributed by atoms with Gasteiger partial charge in [-0.25, -0.2) is 4.39 Å². The van der Waals surface area contributed by atoms with Crippen molar-refractivity contribution in [3.63, 3.8) is 0 Å². The smallest absolute Gasteiger partial charge is 0.152 e. The number of hydrogen-bond donors (Lipinski definition) is 1. The lowest BCUT2D eigenvalue weighted by Crippen LogP contribution is -2.33. The van der Waals surface area contributed by atoms with Crippen molar-refractivity contribution in [1.29, 1.82) is 0 Å². The maximum absolute atomic E-state index is 13.5. The lowest BCUT2D eigenvalue weighted by atomic mass is 10.2. The van der Waals surface area contributed by atoms with E-state index in [0.717, 1.165) is 0 Å². The average molecular weight is 279 g/mol. The number of carbonyl (C=O) groups is 1. The third-order valence-corrected chi connectivity index (χ3v) is 2.55. The van der Waals surface area contributed by atoms with Gasteiger partial charge < -0.3 is 10.1 Å². The first-order chi connectivity index (χ1) is 9.36. The van der Waals surface area contributed by atoms with Crippen LogP contribution in [0.25, 0.3) is 6.08 Å². The number of ether oxygens (including phenoxy) is 1. The van der Waals surface area contributed by atoms with Gasteiger partial charge in [-0.2, -0.15) is 0 Å². The Balaban J connectivity index is 2.72. The van der Waals surface area contributed by atoms with Crippen LogP contribution in [-0.2, 0) is 4.79 Å². The van der Waals surface area contributed by atoms with Crippen LogP contribution < -0.4 is 10.1 Å². The molecule has 1 aromatic rings. The molecular formula is C16H22FNO2. The van der Waals surface area contributed by atoms with E-state index in [-0.39, 0.29) is 17.7 Å². The molecule has 1 atom stereocenters. The summed E-state index contributed by atoms with van der Waals surface area (Å²) in [4.78, 5) is 10.9. The molecule has 0 aliphatic rings. The van der Waals surface area contributed by atoms with E-state index >= 15 is 0 Å². The lowest BCUT2D eigenvalue weighted by Gasteiger charge is -2.17. The normalized spacial score (nSPS) is 12.9. The largest absolute Gasteiger partial charge is 0.489 e. The first-order valence-electron chi connectivity index (χ1n) is 6.76. The molecule has 1 N–H and O–H groups in total. The van der Waals surface area contributed by atoms with Gasteiger partial charge in [0.05, 0.1) is 0 Å². The molecular weight excluding hydrogens is 257 g/mol. The molecule has 3 nitrogen and oxygen atoms in total. The summed E-state index contributed by atoms with van der Waals surface area (Å²) in [5.74, 6) is 0.00668. The number of rotatable bonds is 7. The van der Waals surface area contributed by atoms with Gasteiger partial charge in [0.15, 0.2) is 5.78 Å². The molecule has 1 aromatic carbocycles. The average Bonchev–Trinajstić information content (AvgIpc) is 2.33. The Morgan fingerprint density at radius 2 is 2.05 bits per heavy atom. The summed E-state index contributed by atoms with van der Waals surface area (Å²) in [5.41, 5.74) is 0.610. The SMILES string of the molecule is CC(=O)/C=C/c1cc(F)cc(O[C@H](C)CNC(C)C)c1. The second-order valence-corrected chi connectivity index (χ2v) is 5.16. The maximum atomic E-state index is 13.5. The zero-order valence-electron chi connectivity index (χ0n) is 12.4. The second-order valence-electron chi connectivity index (χ2n) is 5.16. The van der Waals surface area contributed by atoms with Crippen molar-refractivity contribution in [2.24, 2.45) is 0 Å². The Kier molecular flexibility index (Phi) is 6.39. The van der Waals surface area contributed by atoms with Crippen LogP contribution in [0.3, 0.4) is 0 Å². The Morgan fingerprint density at radius 1 is 1.35 bits per heavy atom. The topological polar surface area (TPSA) is 38.3 Å². The highest BCUT2D eigenvalue weighted by atomic mass is 19.1. The number of carbonyl (C=O) groups excluding carboxylic acids is 1. The van der Waals surface area contributed by atoms with Gasteiger partial charge in [0.25, 0.3) is 0 Å². The van der Waals surface area contributed by atoms with E-state index < -0.39 is 0 Å². The summed E-state index contributed by atoms with van der Waals surface area (Å²) in [5, 5.41) is 3.26. The van der Waals surface area contributed by atoms with Crippen molar-refractivity contribution >= 4 is 11.9 Å². The third-order valence-electron chi connectivity index (χ3n) is 2.55. The van der Waals surface area contributed by atoms with Crippen LogP contribution in [0, 0.1) is 5.82 Å². The number of halogens is 1. The van der Waals surface area contributed by atoms with Crippen LogP contribution in [0.2, 0.25) is 0 Å². The molecule has 0 saturated heterocycles. The quantitative estimate of drug-likeness (QED) is 0.779. The van der Waals surface area contributed by atoms with Gasteiger partial charge in [0.2, 0.25) is 0 Å². The van der Waals surface area contributed by atoms with E-state index in [4.69, 9.17) is 4.74 Å². The number of hydrogen-bond acceptors (Lipinski definition) is 3. The molecule has 0 aliphatic carbocycles. The van der Waals surface area contributed by atoms with Crippen molar-refractivity contribution in [2.75, 3.05) is 6.54 Å². The Morgan fingerprint density at radius 3 is 2.65 bits per heavy atom. The monoisotopic (exact) mass is 279 g/mol. The van der Waals surface area contributed by atoms with Gasteiger partial charge in [-0.1, -0.05) is 19.9 Å². The minimum absolute atomic E-state index is 0.0659. The summed E-state index contributed by atoms with van der Waals surface area (Å²) in [7, 11) is 0. The second kappa shape index (κ2) is 7.80. The molecule has 110 valence electrons. The van der Waals surface area contributed by atoms with Crippen molar-refractivity contribution in [1.82, 2.24) is 5.32 Å². The van der Waals surface area contributed by atoms with E-state index in [1.54, 1.807) is 12.1 Å². The summed E-state index contributed by atoms with van der Waals surface area (Å²) in [6.07, 6.45) is 2.92. The summed E-state index contributed by atoms with van der Waals surface area (Å²) < 4.78 is 19.2. The molecule has 0 aliphatic heterocycles. The van der Waals surface area contributed by atoms with Gasteiger partial charge in [-0.3, -0.25) is 4.79 Å². The van der Waals surface area contributed by atoms with E-state index in [9.17, 15) is 9.18 Å². The molecule has 0 amide bonds. The van der Waals surface area contributed by atoms with Crippen LogP contribution in [0.4, 0.5) is 4.39 Å². The van der Waals surface area contributed by atoms with Gasteiger partial charge >= 0.3 is 0 Å². The fourth-order valence-corrected chi connectivity index (χ4v) is 1.64. The van der Waals surface area contributed by atoms with Crippen molar-refractivity contribution in [3.05, 3.63) is 35.7 Å². The molecule has 20 heavy (non-hydrogen) atoms. The van der Waals surface area contributed by atoms with Crippen LogP contribution >= 0.6 is 0 Å². The molecule has 0 radical (unpaired) electrons. The van der Waals surface area contributed by atoms with Crippen LogP contribution in [0.5, 0.6) is 5.75 Å². The van der Waals surface area contributed by atoms with E-state index in [1.165, 1.54) is 25.1 Å². The highest BCUT2D eigenvalue weighted by Gasteiger charge is 2.07. The van der Waals surface area contributed by atoms with Crippen LogP contribution in [0.15, 0.2) is 24.3 Å². The molecule has 0 bridgehead atoms. The number of allylic oxidation sites excluding steroid dienone is 1. The standard InChI is InChI=1S/C16H22FNO2/c1-11(2)18-10-13(4)20-16-8-14(6-5-12(3)19)7-15(17)9-16/h5-9,11,13,18H,10H2,1-4H3/b6-5+/t13-/m1/s1. The Labute approximate surface area is 119 Å². The van der Waals surface area contributed by atoms with Gasteiger partial charge in [-0.05, 0) is 37.6 Å². The minimum Gasteiger partial charge on any atom is -0.489 e. The first-order valence-corrected chi connectivity index (χ1v) is 6.76. The fraction of sp³-hybridized carbons (Fsp3) is 0.438. The molecule has 0 spiro atoms. The highest BCUT2D eigenvalue weighted by molar-refractivity contribution is 5.91. The zero-order chi connectivity index (χ0) is 15.1. The number of benzene rings is 1. The summed E-state index contributed by atoms with van der Waals surface area (Å²) in [6.45, 7) is 8.17. The molecule has 0 heterocycles. The third kappa shape index (κ3) is 6.48. The maximum Gasteiger partial charge on any atom is 0.152 e. The molecule has 1 rings (SSSR count). The summed E-state index contributed by atoms with van der Waals surface area (Å²) >= 11 is 0. The van der Waals surface area contributed by atoms with Gasteiger partial charge in [0, 0.05) is 18.7 Å². The van der Waals surface area contributed by atoms with E-state index in [2.05, 4.69) is 19.2 Å².